The summed E-state index contributed by atoms with van der Waals surface area (Å²) in [5.41, 5.74) is 5.71. The monoisotopic (exact) mass is 263 g/mol. The average Bonchev–Trinajstić information content (AvgIpc) is 2.33. The van der Waals surface area contributed by atoms with E-state index >= 15 is 0 Å². The summed E-state index contributed by atoms with van der Waals surface area (Å²) >= 11 is 7.22. The normalized spacial score (nSPS) is 28.5. The van der Waals surface area contributed by atoms with E-state index in [0.717, 1.165) is 5.25 Å². The Balaban J connectivity index is 1.88. The third-order valence-corrected chi connectivity index (χ3v) is 5.01. The van der Waals surface area contributed by atoms with Gasteiger partial charge in [0.15, 0.2) is 0 Å². The van der Waals surface area contributed by atoms with Crippen molar-refractivity contribution in [3.63, 3.8) is 0 Å². The first-order chi connectivity index (χ1) is 5.74. The first-order valence-electron chi connectivity index (χ1n) is 3.91. The van der Waals surface area contributed by atoms with Crippen molar-refractivity contribution >= 4 is 39.0 Å². The molecular formula is C8H10BrNS2. The zero-order valence-corrected chi connectivity index (χ0v) is 9.71. The van der Waals surface area contributed by atoms with Gasteiger partial charge in [0.2, 0.25) is 0 Å². The molecule has 0 bridgehead atoms. The van der Waals surface area contributed by atoms with Crippen molar-refractivity contribution < 1.29 is 0 Å². The molecular weight excluding hydrogens is 254 g/mol. The van der Waals surface area contributed by atoms with Gasteiger partial charge in [0, 0.05) is 11.3 Å². The highest BCUT2D eigenvalue weighted by molar-refractivity contribution is 9.11. The van der Waals surface area contributed by atoms with Gasteiger partial charge < -0.3 is 5.73 Å². The van der Waals surface area contributed by atoms with E-state index in [1.807, 2.05) is 11.8 Å². The van der Waals surface area contributed by atoms with Gasteiger partial charge in [-0.25, -0.2) is 0 Å². The summed E-state index contributed by atoms with van der Waals surface area (Å²) in [6, 6.07) is 4.74. The molecule has 0 spiro atoms. The first-order valence-corrected chi connectivity index (χ1v) is 6.40. The Bertz CT molecular complexity index is 268. The van der Waals surface area contributed by atoms with E-state index in [-0.39, 0.29) is 0 Å². The minimum atomic E-state index is 0.464. The van der Waals surface area contributed by atoms with Gasteiger partial charge in [-0.15, -0.1) is 23.1 Å². The minimum Gasteiger partial charge on any atom is -0.328 e. The summed E-state index contributed by atoms with van der Waals surface area (Å²) in [6.07, 6.45) is 2.36. The Kier molecular flexibility index (Phi) is 2.79. The average molecular weight is 264 g/mol. The van der Waals surface area contributed by atoms with Crippen LogP contribution in [0.5, 0.6) is 0 Å². The minimum absolute atomic E-state index is 0.464. The maximum atomic E-state index is 5.71. The van der Waals surface area contributed by atoms with E-state index in [2.05, 4.69) is 28.1 Å². The molecule has 0 aromatic carbocycles. The van der Waals surface area contributed by atoms with Crippen LogP contribution in [0.2, 0.25) is 0 Å². The van der Waals surface area contributed by atoms with Crippen LogP contribution in [0.25, 0.3) is 0 Å². The number of hydrogen-bond donors (Lipinski definition) is 1. The summed E-state index contributed by atoms with van der Waals surface area (Å²) in [5.74, 6) is 0. The summed E-state index contributed by atoms with van der Waals surface area (Å²) in [4.78, 5) is 0. The van der Waals surface area contributed by atoms with E-state index in [1.165, 1.54) is 20.8 Å². The molecule has 1 heterocycles. The van der Waals surface area contributed by atoms with Gasteiger partial charge in [0.1, 0.15) is 0 Å². The molecule has 1 aromatic rings. The Labute approximate surface area is 88.9 Å². The summed E-state index contributed by atoms with van der Waals surface area (Å²) in [7, 11) is 0. The molecule has 1 aliphatic rings. The SMILES string of the molecule is NC1CC(Sc2ccc(Br)s2)C1. The first kappa shape index (κ1) is 9.06. The molecule has 1 aromatic heterocycles. The zero-order valence-electron chi connectivity index (χ0n) is 6.50. The molecule has 0 amide bonds. The molecule has 2 rings (SSSR count). The smallest absolute Gasteiger partial charge is 0.0710 e. The largest absolute Gasteiger partial charge is 0.328 e. The third kappa shape index (κ3) is 2.05. The van der Waals surface area contributed by atoms with Gasteiger partial charge in [-0.1, -0.05) is 0 Å². The van der Waals surface area contributed by atoms with E-state index in [4.69, 9.17) is 5.73 Å². The van der Waals surface area contributed by atoms with Crippen LogP contribution in [0.15, 0.2) is 20.1 Å². The fraction of sp³-hybridized carbons (Fsp3) is 0.500. The molecule has 1 nitrogen and oxygen atoms in total. The molecule has 1 saturated carbocycles. The summed E-state index contributed by atoms with van der Waals surface area (Å²) in [5, 5.41) is 0.769. The van der Waals surface area contributed by atoms with Crippen molar-refractivity contribution in [2.24, 2.45) is 5.73 Å². The number of thiophene rings is 1. The van der Waals surface area contributed by atoms with Crippen molar-refractivity contribution in [2.45, 2.75) is 28.3 Å². The molecule has 1 aliphatic carbocycles. The number of hydrogen-bond acceptors (Lipinski definition) is 3. The third-order valence-electron chi connectivity index (χ3n) is 1.96. The van der Waals surface area contributed by atoms with Crippen LogP contribution in [0.1, 0.15) is 12.8 Å². The lowest BCUT2D eigenvalue weighted by molar-refractivity contribution is 0.433. The van der Waals surface area contributed by atoms with Crippen LogP contribution in [-0.4, -0.2) is 11.3 Å². The lowest BCUT2D eigenvalue weighted by atomic mass is 9.94. The molecule has 0 saturated heterocycles. The highest BCUT2D eigenvalue weighted by atomic mass is 79.9. The van der Waals surface area contributed by atoms with Crippen LogP contribution >= 0.6 is 39.0 Å². The van der Waals surface area contributed by atoms with Crippen LogP contribution in [0, 0.1) is 0 Å². The van der Waals surface area contributed by atoms with Crippen LogP contribution in [0.4, 0.5) is 0 Å². The second-order valence-corrected chi connectivity index (χ2v) is 7.09. The second kappa shape index (κ2) is 3.70. The maximum Gasteiger partial charge on any atom is 0.0710 e. The predicted octanol–water partition coefficient (Wildman–Crippen LogP) is 3.09. The van der Waals surface area contributed by atoms with Gasteiger partial charge >= 0.3 is 0 Å². The van der Waals surface area contributed by atoms with Gasteiger partial charge in [0.25, 0.3) is 0 Å². The highest BCUT2D eigenvalue weighted by Crippen LogP contribution is 2.39. The Morgan fingerprint density at radius 2 is 2.25 bits per heavy atom. The van der Waals surface area contributed by atoms with Crippen molar-refractivity contribution in [3.8, 4) is 0 Å². The number of halogens is 1. The van der Waals surface area contributed by atoms with Crippen molar-refractivity contribution in [2.75, 3.05) is 0 Å². The van der Waals surface area contributed by atoms with Gasteiger partial charge in [-0.05, 0) is 40.9 Å². The van der Waals surface area contributed by atoms with Crippen LogP contribution in [0.3, 0.4) is 0 Å². The van der Waals surface area contributed by atoms with Crippen LogP contribution in [-0.2, 0) is 0 Å². The van der Waals surface area contributed by atoms with Gasteiger partial charge in [-0.2, -0.15) is 0 Å². The number of rotatable bonds is 2. The Hall–Kier alpha value is 0.490. The number of nitrogens with two attached hydrogens (primary N) is 1. The highest BCUT2D eigenvalue weighted by Gasteiger charge is 2.26. The Morgan fingerprint density at radius 3 is 2.75 bits per heavy atom. The van der Waals surface area contributed by atoms with Gasteiger partial charge in [-0.3, -0.25) is 0 Å². The standard InChI is InChI=1S/C8H10BrNS2/c9-7-1-2-8(12-7)11-6-3-5(10)4-6/h1-2,5-6H,3-4,10H2. The quantitative estimate of drug-likeness (QED) is 0.888. The fourth-order valence-electron chi connectivity index (χ4n) is 1.23. The topological polar surface area (TPSA) is 26.0 Å². The van der Waals surface area contributed by atoms with E-state index in [0.29, 0.717) is 6.04 Å². The van der Waals surface area contributed by atoms with E-state index in [9.17, 15) is 0 Å². The summed E-state index contributed by atoms with van der Waals surface area (Å²) in [6.45, 7) is 0. The Morgan fingerprint density at radius 1 is 1.50 bits per heavy atom. The molecule has 0 atom stereocenters. The molecule has 0 unspecified atom stereocenters. The lowest BCUT2D eigenvalue weighted by Crippen LogP contribution is -2.37. The fourth-order valence-corrected chi connectivity index (χ4v) is 4.70. The second-order valence-electron chi connectivity index (χ2n) is 3.03. The van der Waals surface area contributed by atoms with Crippen LogP contribution < -0.4 is 5.73 Å². The molecule has 66 valence electrons. The van der Waals surface area contributed by atoms with E-state index < -0.39 is 0 Å². The zero-order chi connectivity index (χ0) is 8.55. The maximum absolute atomic E-state index is 5.71. The van der Waals surface area contributed by atoms with Crippen molar-refractivity contribution in [1.82, 2.24) is 0 Å². The van der Waals surface area contributed by atoms with Gasteiger partial charge in [0.05, 0.1) is 8.00 Å². The lowest BCUT2D eigenvalue weighted by Gasteiger charge is -2.31. The van der Waals surface area contributed by atoms with E-state index in [1.54, 1.807) is 11.3 Å². The number of thioether (sulfide) groups is 1. The van der Waals surface area contributed by atoms with Crippen molar-refractivity contribution in [3.05, 3.63) is 15.9 Å². The molecule has 2 N–H and O–H groups in total. The molecule has 4 heteroatoms. The molecule has 1 fully saturated rings. The summed E-state index contributed by atoms with van der Waals surface area (Å²) < 4.78 is 2.62. The molecule has 0 aliphatic heterocycles. The predicted molar refractivity (Wildman–Crippen MR) is 58.9 cm³/mol. The molecule has 12 heavy (non-hydrogen) atoms. The van der Waals surface area contributed by atoms with Crippen molar-refractivity contribution in [1.29, 1.82) is 0 Å². The molecule has 0 radical (unpaired) electrons.